The quantitative estimate of drug-likeness (QED) is 0.741. The molecule has 1 heterocycles. The van der Waals surface area contributed by atoms with E-state index in [1.54, 1.807) is 0 Å². The van der Waals surface area contributed by atoms with Gasteiger partial charge in [0.2, 0.25) is 0 Å². The number of hydrogen-bond donors (Lipinski definition) is 2. The van der Waals surface area contributed by atoms with Gasteiger partial charge in [0.25, 0.3) is 0 Å². The first-order valence-electron chi connectivity index (χ1n) is 6.38. The predicted molar refractivity (Wildman–Crippen MR) is 68.2 cm³/mol. The van der Waals surface area contributed by atoms with Crippen LogP contribution in [0.2, 0.25) is 0 Å². The Kier molecular flexibility index (Phi) is 4.40. The summed E-state index contributed by atoms with van der Waals surface area (Å²) in [5, 5.41) is 12.8. The molecule has 3 heteroatoms. The molecule has 1 aliphatic rings. The van der Waals surface area contributed by atoms with Gasteiger partial charge in [-0.2, -0.15) is 0 Å². The molecule has 3 nitrogen and oxygen atoms in total. The Morgan fingerprint density at radius 3 is 2.76 bits per heavy atom. The molecule has 2 N–H and O–H groups in total. The van der Waals surface area contributed by atoms with E-state index in [4.69, 9.17) is 4.74 Å². The van der Waals surface area contributed by atoms with E-state index in [2.05, 4.69) is 5.32 Å². The molecule has 1 aromatic carbocycles. The predicted octanol–water partition coefficient (Wildman–Crippen LogP) is 1.96. The zero-order valence-electron chi connectivity index (χ0n) is 10.2. The van der Waals surface area contributed by atoms with E-state index in [-0.39, 0.29) is 12.1 Å². The molecular weight excluding hydrogens is 214 g/mol. The minimum absolute atomic E-state index is 0.0416. The van der Waals surface area contributed by atoms with E-state index >= 15 is 0 Å². The number of aliphatic hydroxyl groups excluding tert-OH is 1. The second-order valence-corrected chi connectivity index (χ2v) is 4.73. The summed E-state index contributed by atoms with van der Waals surface area (Å²) in [6.45, 7) is 1.98. The molecule has 0 spiro atoms. The Morgan fingerprint density at radius 1 is 1.29 bits per heavy atom. The van der Waals surface area contributed by atoms with Gasteiger partial charge in [-0.25, -0.2) is 0 Å². The van der Waals surface area contributed by atoms with Crippen LogP contribution in [-0.4, -0.2) is 30.4 Å². The van der Waals surface area contributed by atoms with Crippen molar-refractivity contribution in [2.45, 2.75) is 31.2 Å². The molecular formula is C14H21NO2. The standard InChI is InChI=1S/C14H21NO2/c16-12-14(8-4-10-15-14)9-5-11-17-13-6-2-1-3-7-13/h1-3,6-7,15-16H,4-5,8-12H2. The summed E-state index contributed by atoms with van der Waals surface area (Å²) in [4.78, 5) is 0. The lowest BCUT2D eigenvalue weighted by Gasteiger charge is -2.27. The zero-order valence-corrected chi connectivity index (χ0v) is 10.2. The lowest BCUT2D eigenvalue weighted by Crippen LogP contribution is -2.43. The molecule has 17 heavy (non-hydrogen) atoms. The van der Waals surface area contributed by atoms with Crippen molar-refractivity contribution in [3.8, 4) is 5.75 Å². The number of ether oxygens (including phenoxy) is 1. The molecule has 2 rings (SSSR count). The average molecular weight is 235 g/mol. The zero-order chi connectivity index (χ0) is 12.0. The second-order valence-electron chi connectivity index (χ2n) is 4.73. The largest absolute Gasteiger partial charge is 0.494 e. The van der Waals surface area contributed by atoms with Crippen LogP contribution >= 0.6 is 0 Å². The highest BCUT2D eigenvalue weighted by molar-refractivity contribution is 5.20. The van der Waals surface area contributed by atoms with Gasteiger partial charge < -0.3 is 15.2 Å². The summed E-state index contributed by atoms with van der Waals surface area (Å²) in [6.07, 6.45) is 4.20. The van der Waals surface area contributed by atoms with Crippen LogP contribution in [0.25, 0.3) is 0 Å². The van der Waals surface area contributed by atoms with Gasteiger partial charge >= 0.3 is 0 Å². The van der Waals surface area contributed by atoms with E-state index in [9.17, 15) is 5.11 Å². The van der Waals surface area contributed by atoms with Crippen LogP contribution < -0.4 is 10.1 Å². The Balaban J connectivity index is 1.69. The minimum atomic E-state index is -0.0416. The van der Waals surface area contributed by atoms with Gasteiger partial charge in [0.15, 0.2) is 0 Å². The number of para-hydroxylation sites is 1. The van der Waals surface area contributed by atoms with Crippen molar-refractivity contribution in [2.75, 3.05) is 19.8 Å². The van der Waals surface area contributed by atoms with Crippen molar-refractivity contribution >= 4 is 0 Å². The minimum Gasteiger partial charge on any atom is -0.494 e. The lowest BCUT2D eigenvalue weighted by atomic mass is 9.93. The van der Waals surface area contributed by atoms with E-state index in [0.29, 0.717) is 6.61 Å². The molecule has 0 amide bonds. The van der Waals surface area contributed by atoms with Gasteiger partial charge in [0.05, 0.1) is 13.2 Å². The second kappa shape index (κ2) is 6.03. The van der Waals surface area contributed by atoms with Gasteiger partial charge in [-0.05, 0) is 44.4 Å². The van der Waals surface area contributed by atoms with Gasteiger partial charge in [0.1, 0.15) is 5.75 Å². The van der Waals surface area contributed by atoms with Crippen molar-refractivity contribution in [1.82, 2.24) is 5.32 Å². The monoisotopic (exact) mass is 235 g/mol. The van der Waals surface area contributed by atoms with Crippen molar-refractivity contribution in [1.29, 1.82) is 0 Å². The topological polar surface area (TPSA) is 41.5 Å². The molecule has 0 bridgehead atoms. The van der Waals surface area contributed by atoms with Crippen molar-refractivity contribution in [2.24, 2.45) is 0 Å². The summed E-state index contributed by atoms with van der Waals surface area (Å²) in [5.74, 6) is 0.921. The van der Waals surface area contributed by atoms with E-state index in [1.807, 2.05) is 30.3 Å². The molecule has 1 atom stereocenters. The van der Waals surface area contributed by atoms with E-state index < -0.39 is 0 Å². The molecule has 0 aromatic heterocycles. The van der Waals surface area contributed by atoms with Crippen LogP contribution in [-0.2, 0) is 0 Å². The summed E-state index contributed by atoms with van der Waals surface area (Å²) < 4.78 is 5.65. The molecule has 94 valence electrons. The van der Waals surface area contributed by atoms with Crippen LogP contribution in [0.1, 0.15) is 25.7 Å². The third kappa shape index (κ3) is 3.45. The lowest BCUT2D eigenvalue weighted by molar-refractivity contribution is 0.159. The fourth-order valence-electron chi connectivity index (χ4n) is 2.41. The van der Waals surface area contributed by atoms with Gasteiger partial charge in [0, 0.05) is 5.54 Å². The highest BCUT2D eigenvalue weighted by Gasteiger charge is 2.31. The van der Waals surface area contributed by atoms with Crippen molar-refractivity contribution in [3.05, 3.63) is 30.3 Å². The number of nitrogens with one attached hydrogen (secondary N) is 1. The Hall–Kier alpha value is -1.06. The third-order valence-electron chi connectivity index (χ3n) is 3.45. The highest BCUT2D eigenvalue weighted by Crippen LogP contribution is 2.24. The van der Waals surface area contributed by atoms with Crippen LogP contribution in [0.4, 0.5) is 0 Å². The Morgan fingerprint density at radius 2 is 2.12 bits per heavy atom. The van der Waals surface area contributed by atoms with Gasteiger partial charge in [-0.1, -0.05) is 18.2 Å². The Bertz CT molecular complexity index is 320. The molecule has 1 aromatic rings. The normalized spacial score (nSPS) is 23.8. The van der Waals surface area contributed by atoms with Crippen molar-refractivity contribution in [3.63, 3.8) is 0 Å². The average Bonchev–Trinajstić information content (AvgIpc) is 2.85. The number of benzene rings is 1. The van der Waals surface area contributed by atoms with Gasteiger partial charge in [-0.3, -0.25) is 0 Å². The van der Waals surface area contributed by atoms with E-state index in [1.165, 1.54) is 6.42 Å². The molecule has 1 fully saturated rings. The highest BCUT2D eigenvalue weighted by atomic mass is 16.5. The fourth-order valence-corrected chi connectivity index (χ4v) is 2.41. The third-order valence-corrected chi connectivity index (χ3v) is 3.45. The summed E-state index contributed by atoms with van der Waals surface area (Å²) in [6, 6.07) is 9.87. The fraction of sp³-hybridized carbons (Fsp3) is 0.571. The summed E-state index contributed by atoms with van der Waals surface area (Å²) in [7, 11) is 0. The first-order valence-corrected chi connectivity index (χ1v) is 6.38. The van der Waals surface area contributed by atoms with Crippen molar-refractivity contribution < 1.29 is 9.84 Å². The summed E-state index contributed by atoms with van der Waals surface area (Å²) in [5.41, 5.74) is -0.0416. The number of rotatable bonds is 6. The smallest absolute Gasteiger partial charge is 0.119 e. The van der Waals surface area contributed by atoms with E-state index in [0.717, 1.165) is 31.6 Å². The first-order chi connectivity index (χ1) is 8.35. The van der Waals surface area contributed by atoms with Crippen LogP contribution in [0.15, 0.2) is 30.3 Å². The number of hydrogen-bond acceptors (Lipinski definition) is 3. The first kappa shape index (κ1) is 12.4. The maximum atomic E-state index is 9.43. The molecule has 0 radical (unpaired) electrons. The van der Waals surface area contributed by atoms with Crippen LogP contribution in [0.3, 0.4) is 0 Å². The Labute approximate surface area is 103 Å². The summed E-state index contributed by atoms with van der Waals surface area (Å²) >= 11 is 0. The van der Waals surface area contributed by atoms with Crippen LogP contribution in [0, 0.1) is 0 Å². The molecule has 0 saturated carbocycles. The van der Waals surface area contributed by atoms with Crippen LogP contribution in [0.5, 0.6) is 5.75 Å². The maximum absolute atomic E-state index is 9.43. The molecule has 1 aliphatic heterocycles. The molecule has 1 saturated heterocycles. The van der Waals surface area contributed by atoms with Gasteiger partial charge in [-0.15, -0.1) is 0 Å². The molecule has 1 unspecified atom stereocenters. The number of aliphatic hydroxyl groups is 1. The SMILES string of the molecule is OCC1(CCCOc2ccccc2)CCCN1. The molecule has 0 aliphatic carbocycles. The maximum Gasteiger partial charge on any atom is 0.119 e.